The third-order valence-corrected chi connectivity index (χ3v) is 10.4. The molecule has 4 rings (SSSR count). The Morgan fingerprint density at radius 1 is 1.20 bits per heavy atom. The van der Waals surface area contributed by atoms with Gasteiger partial charge in [0.25, 0.3) is 0 Å². The van der Waals surface area contributed by atoms with E-state index in [4.69, 9.17) is 11.6 Å². The highest BCUT2D eigenvalue weighted by Gasteiger charge is 2.45. The van der Waals surface area contributed by atoms with Crippen LogP contribution < -0.4 is 0 Å². The van der Waals surface area contributed by atoms with Crippen LogP contribution in [0.15, 0.2) is 95.8 Å². The molecule has 0 radical (unpaired) electrons. The fraction of sp³-hybridized carbons (Fsp3) is 0.457. The van der Waals surface area contributed by atoms with E-state index in [1.807, 2.05) is 19.2 Å². The van der Waals surface area contributed by atoms with Crippen LogP contribution in [-0.2, 0) is 16.4 Å². The van der Waals surface area contributed by atoms with Gasteiger partial charge < -0.3 is 0 Å². The van der Waals surface area contributed by atoms with E-state index in [-0.39, 0.29) is 17.7 Å². The number of fused-ring (bicyclic) bond motifs is 2. The van der Waals surface area contributed by atoms with Crippen molar-refractivity contribution >= 4 is 39.3 Å². The number of nitrogens with one attached hydrogen (secondary N) is 1. The number of H-pyrrole nitrogens is 1. The first-order chi connectivity index (χ1) is 21.3. The Balaban J connectivity index is 0.000000740. The maximum atomic E-state index is 13.6. The van der Waals surface area contributed by atoms with Crippen LogP contribution in [0.4, 0.5) is 4.39 Å². The Morgan fingerprint density at radius 2 is 1.93 bits per heavy atom. The third kappa shape index (κ3) is 11.2. The Hall–Kier alpha value is -2.45. The van der Waals surface area contributed by atoms with Gasteiger partial charge in [-0.15, -0.1) is 11.6 Å². The highest BCUT2D eigenvalue weighted by atomic mass is 35.5. The maximum absolute atomic E-state index is 13.6. The largest absolute Gasteiger partial charge is 0.278 e. The topological polar surface area (TPSA) is 66.1 Å². The monoisotopic (exact) mass is 663 g/mol. The molecule has 1 saturated carbocycles. The standard InChI is InChI=1S/C28H37ClFN3O2S.C6H8.CH3Cl/c1-4-6-8-23(19-30)12-15-33(36(34,35)21-22(5-2)9-7-14-29)16-13-25-10-11-26-17-27-24(20-31-32-27)18-28(25,26)3;1-2-4-6-5-3-1;1-2/h4-9,14,17,20,25H,2,10-13,15-16,18-19,21H2,1,3H3,(H,31,32);1-4H,5-6H2;1H3/b6-4-,14-7+,22-9+,23-8-;;. The number of allylic oxidation sites excluding steroid dienone is 11. The van der Waals surface area contributed by atoms with Crippen molar-refractivity contribution in [2.24, 2.45) is 11.3 Å². The van der Waals surface area contributed by atoms with E-state index in [9.17, 15) is 12.8 Å². The summed E-state index contributed by atoms with van der Waals surface area (Å²) in [6.07, 6.45) is 30.8. The fourth-order valence-corrected chi connectivity index (χ4v) is 7.52. The van der Waals surface area contributed by atoms with Crippen LogP contribution in [0.2, 0.25) is 0 Å². The van der Waals surface area contributed by atoms with E-state index in [1.165, 1.54) is 46.3 Å². The van der Waals surface area contributed by atoms with Crippen molar-refractivity contribution in [2.75, 3.05) is 31.9 Å². The molecule has 0 bridgehead atoms. The first kappa shape index (κ1) is 37.7. The zero-order valence-corrected chi connectivity index (χ0v) is 28.6. The van der Waals surface area contributed by atoms with Gasteiger partial charge in [-0.2, -0.15) is 5.10 Å². The zero-order valence-electron chi connectivity index (χ0n) is 26.3. The average Bonchev–Trinajstić information content (AvgIpc) is 3.63. The van der Waals surface area contributed by atoms with Gasteiger partial charge in [0, 0.05) is 25.0 Å². The van der Waals surface area contributed by atoms with Crippen LogP contribution in [0.25, 0.3) is 6.08 Å². The summed E-state index contributed by atoms with van der Waals surface area (Å²) in [4.78, 5) is 0. The van der Waals surface area contributed by atoms with Gasteiger partial charge in [-0.1, -0.05) is 91.4 Å². The molecule has 2 atom stereocenters. The Bertz CT molecular complexity index is 1360. The normalized spacial score (nSPS) is 21.4. The number of hydrogen-bond acceptors (Lipinski definition) is 3. The number of aromatic amines is 1. The molecule has 0 aromatic carbocycles. The second kappa shape index (κ2) is 19.8. The molecule has 1 heterocycles. The lowest BCUT2D eigenvalue weighted by molar-refractivity contribution is 0.237. The summed E-state index contributed by atoms with van der Waals surface area (Å²) in [6, 6.07) is 0. The Labute approximate surface area is 274 Å². The quantitative estimate of drug-likeness (QED) is 0.169. The summed E-state index contributed by atoms with van der Waals surface area (Å²) in [5.74, 6) is 0.185. The first-order valence-electron chi connectivity index (χ1n) is 15.1. The van der Waals surface area contributed by atoms with E-state index in [1.54, 1.807) is 24.3 Å². The van der Waals surface area contributed by atoms with Gasteiger partial charge in [-0.3, -0.25) is 5.10 Å². The number of halogens is 3. The minimum Gasteiger partial charge on any atom is -0.278 e. The molecule has 1 fully saturated rings. The van der Waals surface area contributed by atoms with Gasteiger partial charge in [0.2, 0.25) is 10.0 Å². The molecule has 0 aliphatic heterocycles. The Kier molecular flexibility index (Phi) is 17.0. The van der Waals surface area contributed by atoms with Gasteiger partial charge in [-0.25, -0.2) is 17.1 Å². The van der Waals surface area contributed by atoms with Crippen LogP contribution in [-0.4, -0.2) is 54.8 Å². The molecule has 5 nitrogen and oxygen atoms in total. The molecule has 0 spiro atoms. The van der Waals surface area contributed by atoms with Crippen molar-refractivity contribution in [1.29, 1.82) is 0 Å². The number of rotatable bonds is 13. The predicted molar refractivity (Wildman–Crippen MR) is 187 cm³/mol. The van der Waals surface area contributed by atoms with Crippen molar-refractivity contribution < 1.29 is 12.8 Å². The van der Waals surface area contributed by atoms with Crippen LogP contribution in [0, 0.1) is 11.3 Å². The average molecular weight is 665 g/mol. The second-order valence-electron chi connectivity index (χ2n) is 11.2. The summed E-state index contributed by atoms with van der Waals surface area (Å²) in [5, 5.41) is 7.27. The minimum atomic E-state index is -3.65. The molecule has 1 N–H and O–H groups in total. The summed E-state index contributed by atoms with van der Waals surface area (Å²) in [5.41, 5.74) is 6.19. The molecule has 1 aromatic rings. The van der Waals surface area contributed by atoms with Gasteiger partial charge >= 0.3 is 0 Å². The van der Waals surface area contributed by atoms with Gasteiger partial charge in [-0.05, 0) is 86.0 Å². The van der Waals surface area contributed by atoms with Crippen molar-refractivity contribution in [3.63, 3.8) is 0 Å². The molecule has 2 unspecified atom stereocenters. The van der Waals surface area contributed by atoms with Crippen LogP contribution >= 0.6 is 23.2 Å². The van der Waals surface area contributed by atoms with Crippen molar-refractivity contribution in [1.82, 2.24) is 14.5 Å². The summed E-state index contributed by atoms with van der Waals surface area (Å²) >= 11 is 10.3. The third-order valence-electron chi connectivity index (χ3n) is 8.40. The van der Waals surface area contributed by atoms with E-state index >= 15 is 0 Å². The molecule has 44 heavy (non-hydrogen) atoms. The molecular weight excluding hydrogens is 616 g/mol. The van der Waals surface area contributed by atoms with Crippen molar-refractivity contribution in [2.45, 2.75) is 58.8 Å². The first-order valence-corrected chi connectivity index (χ1v) is 17.9. The molecule has 0 saturated heterocycles. The summed E-state index contributed by atoms with van der Waals surface area (Å²) in [6.45, 7) is 7.94. The van der Waals surface area contributed by atoms with Gasteiger partial charge in [0.1, 0.15) is 6.67 Å². The predicted octanol–water partition coefficient (Wildman–Crippen LogP) is 9.26. The molecule has 0 amide bonds. The van der Waals surface area contributed by atoms with E-state index in [2.05, 4.69) is 65.7 Å². The van der Waals surface area contributed by atoms with Crippen LogP contribution in [0.1, 0.15) is 63.6 Å². The molecule has 3 aliphatic rings. The highest BCUT2D eigenvalue weighted by molar-refractivity contribution is 7.89. The highest BCUT2D eigenvalue weighted by Crippen LogP contribution is 2.53. The lowest BCUT2D eigenvalue weighted by Gasteiger charge is -2.36. The lowest BCUT2D eigenvalue weighted by atomic mass is 9.69. The maximum Gasteiger partial charge on any atom is 0.218 e. The summed E-state index contributed by atoms with van der Waals surface area (Å²) < 4.78 is 42.1. The SMILES string of the molecule is C1=CCCC=C1.C=C/C(=C\C=C\Cl)CS(=O)(=O)N(CC/C(=C/C=C\C)CF)CCC1CCC2=Cc3[nH]ncc3CC21C.CCl. The Morgan fingerprint density at radius 3 is 2.52 bits per heavy atom. The molecule has 242 valence electrons. The fourth-order valence-electron chi connectivity index (χ4n) is 5.87. The summed E-state index contributed by atoms with van der Waals surface area (Å²) in [7, 11) is -3.65. The number of sulfonamides is 1. The lowest BCUT2D eigenvalue weighted by Crippen LogP contribution is -2.38. The number of alkyl halides is 2. The second-order valence-corrected chi connectivity index (χ2v) is 13.4. The van der Waals surface area contributed by atoms with E-state index in [0.29, 0.717) is 30.0 Å². The minimum absolute atomic E-state index is 0.000447. The number of aromatic nitrogens is 2. The van der Waals surface area contributed by atoms with E-state index < -0.39 is 16.7 Å². The van der Waals surface area contributed by atoms with Crippen molar-refractivity contribution in [3.05, 3.63) is 107 Å². The smallest absolute Gasteiger partial charge is 0.218 e. The zero-order chi connectivity index (χ0) is 32.4. The molecule has 9 heteroatoms. The van der Waals surface area contributed by atoms with Gasteiger partial charge in [0.15, 0.2) is 0 Å². The molecular formula is C35H48Cl2FN3O2S. The van der Waals surface area contributed by atoms with E-state index in [0.717, 1.165) is 31.4 Å². The number of hydrogen-bond donors (Lipinski definition) is 1. The van der Waals surface area contributed by atoms with Crippen LogP contribution in [0.5, 0.6) is 0 Å². The molecule has 3 aliphatic carbocycles. The van der Waals surface area contributed by atoms with Gasteiger partial charge in [0.05, 0.1) is 17.6 Å². The van der Waals surface area contributed by atoms with Crippen molar-refractivity contribution in [3.8, 4) is 0 Å². The molecule has 1 aromatic heterocycles. The van der Waals surface area contributed by atoms with Crippen LogP contribution in [0.3, 0.4) is 0 Å². The number of nitrogens with zero attached hydrogens (tertiary/aromatic N) is 2.